The third kappa shape index (κ3) is 1.97. The van der Waals surface area contributed by atoms with Gasteiger partial charge in [0.2, 0.25) is 0 Å². The topological polar surface area (TPSA) is 68.9 Å². The minimum absolute atomic E-state index is 0.103. The van der Waals surface area contributed by atoms with E-state index < -0.39 is 5.97 Å². The standard InChI is InChI=1S/C13H14N2O2S/c1-6-4-5-9(8(3)7(6)2)10-11(12(16)17)15-13(18)14-10/h4-5H,1-3H3,(H,16,17)(H2,14,15,18). The Balaban J connectivity index is 2.74. The number of aryl methyl sites for hydroxylation is 1. The number of rotatable bonds is 2. The van der Waals surface area contributed by atoms with E-state index in [0.717, 1.165) is 16.7 Å². The van der Waals surface area contributed by atoms with Crippen molar-refractivity contribution in [2.45, 2.75) is 20.8 Å². The van der Waals surface area contributed by atoms with Crippen molar-refractivity contribution >= 4 is 18.2 Å². The van der Waals surface area contributed by atoms with Gasteiger partial charge in [-0.3, -0.25) is 0 Å². The van der Waals surface area contributed by atoms with Crippen LogP contribution in [0.1, 0.15) is 27.2 Å². The van der Waals surface area contributed by atoms with Crippen molar-refractivity contribution in [2.75, 3.05) is 0 Å². The molecule has 0 bridgehead atoms. The highest BCUT2D eigenvalue weighted by atomic mass is 32.1. The minimum Gasteiger partial charge on any atom is -0.477 e. The van der Waals surface area contributed by atoms with E-state index in [9.17, 15) is 4.79 Å². The van der Waals surface area contributed by atoms with Gasteiger partial charge in [0.1, 0.15) is 0 Å². The summed E-state index contributed by atoms with van der Waals surface area (Å²) in [5.74, 6) is -1.02. The van der Waals surface area contributed by atoms with Crippen molar-refractivity contribution in [1.29, 1.82) is 0 Å². The summed E-state index contributed by atoms with van der Waals surface area (Å²) in [6.45, 7) is 6.03. The molecule has 2 aromatic rings. The molecule has 0 amide bonds. The first-order valence-electron chi connectivity index (χ1n) is 5.54. The molecule has 5 heteroatoms. The van der Waals surface area contributed by atoms with E-state index in [2.05, 4.69) is 9.97 Å². The summed E-state index contributed by atoms with van der Waals surface area (Å²) < 4.78 is 0.319. The lowest BCUT2D eigenvalue weighted by Gasteiger charge is -2.10. The number of aromatic carboxylic acids is 1. The molecule has 18 heavy (non-hydrogen) atoms. The van der Waals surface area contributed by atoms with Crippen LogP contribution in [0, 0.1) is 25.5 Å². The van der Waals surface area contributed by atoms with Gasteiger partial charge in [0.25, 0.3) is 0 Å². The summed E-state index contributed by atoms with van der Waals surface area (Å²) in [5.41, 5.74) is 4.90. The smallest absolute Gasteiger partial charge is 0.354 e. The van der Waals surface area contributed by atoms with Crippen LogP contribution >= 0.6 is 12.2 Å². The van der Waals surface area contributed by atoms with Gasteiger partial charge in [0, 0.05) is 5.56 Å². The van der Waals surface area contributed by atoms with Crippen molar-refractivity contribution < 1.29 is 9.90 Å². The fraction of sp³-hybridized carbons (Fsp3) is 0.231. The first-order valence-corrected chi connectivity index (χ1v) is 5.95. The number of hydrogen-bond donors (Lipinski definition) is 3. The first kappa shape index (κ1) is 12.6. The molecule has 0 saturated carbocycles. The summed E-state index contributed by atoms with van der Waals surface area (Å²) in [7, 11) is 0. The molecule has 1 aromatic heterocycles. The van der Waals surface area contributed by atoms with Gasteiger partial charge in [-0.2, -0.15) is 0 Å². The van der Waals surface area contributed by atoms with Crippen molar-refractivity contribution in [3.63, 3.8) is 0 Å². The summed E-state index contributed by atoms with van der Waals surface area (Å²) in [5, 5.41) is 9.16. The van der Waals surface area contributed by atoms with Crippen molar-refractivity contribution in [3.8, 4) is 11.3 Å². The van der Waals surface area contributed by atoms with Crippen molar-refractivity contribution in [2.24, 2.45) is 0 Å². The van der Waals surface area contributed by atoms with Crippen LogP contribution in [-0.4, -0.2) is 21.0 Å². The van der Waals surface area contributed by atoms with Crippen LogP contribution in [0.4, 0.5) is 0 Å². The summed E-state index contributed by atoms with van der Waals surface area (Å²) in [6, 6.07) is 3.89. The molecule has 94 valence electrons. The van der Waals surface area contributed by atoms with Gasteiger partial charge < -0.3 is 15.1 Å². The largest absolute Gasteiger partial charge is 0.477 e. The molecule has 1 heterocycles. The second-order valence-corrected chi connectivity index (χ2v) is 4.72. The molecule has 0 unspecified atom stereocenters. The quantitative estimate of drug-likeness (QED) is 0.727. The van der Waals surface area contributed by atoms with Crippen LogP contribution in [-0.2, 0) is 0 Å². The Bertz CT molecular complexity index is 683. The number of carboxylic acid groups (broad SMARTS) is 1. The Kier molecular flexibility index (Phi) is 3.09. The van der Waals surface area contributed by atoms with Crippen LogP contribution in [0.5, 0.6) is 0 Å². The van der Waals surface area contributed by atoms with Gasteiger partial charge in [-0.1, -0.05) is 12.1 Å². The van der Waals surface area contributed by atoms with Gasteiger partial charge in [-0.15, -0.1) is 0 Å². The monoisotopic (exact) mass is 262 g/mol. The SMILES string of the molecule is Cc1ccc(-c2[nH]c(=S)[nH]c2C(=O)O)c(C)c1C. The molecule has 0 spiro atoms. The molecule has 0 aliphatic rings. The highest BCUT2D eigenvalue weighted by Gasteiger charge is 2.17. The maximum absolute atomic E-state index is 11.2. The number of H-pyrrole nitrogens is 2. The molecule has 3 N–H and O–H groups in total. The lowest BCUT2D eigenvalue weighted by atomic mass is 9.96. The van der Waals surface area contributed by atoms with Gasteiger partial charge in [0.05, 0.1) is 5.69 Å². The van der Waals surface area contributed by atoms with E-state index in [1.807, 2.05) is 32.9 Å². The van der Waals surface area contributed by atoms with Gasteiger partial charge in [0.15, 0.2) is 10.5 Å². The second kappa shape index (κ2) is 4.42. The average molecular weight is 262 g/mol. The van der Waals surface area contributed by atoms with E-state index in [0.29, 0.717) is 10.5 Å². The molecule has 0 atom stereocenters. The summed E-state index contributed by atoms with van der Waals surface area (Å²) in [4.78, 5) is 16.7. The van der Waals surface area contributed by atoms with Crippen LogP contribution < -0.4 is 0 Å². The van der Waals surface area contributed by atoms with E-state index in [1.165, 1.54) is 5.56 Å². The number of carboxylic acids is 1. The second-order valence-electron chi connectivity index (χ2n) is 4.31. The zero-order chi connectivity index (χ0) is 13.4. The Hall–Kier alpha value is -1.88. The normalized spacial score (nSPS) is 10.6. The van der Waals surface area contributed by atoms with Crippen LogP contribution in [0.3, 0.4) is 0 Å². The van der Waals surface area contributed by atoms with Gasteiger partial charge >= 0.3 is 5.97 Å². The molecule has 0 saturated heterocycles. The van der Waals surface area contributed by atoms with Gasteiger partial charge in [-0.25, -0.2) is 4.79 Å². The van der Waals surface area contributed by atoms with E-state index in [4.69, 9.17) is 17.3 Å². The Morgan fingerprint density at radius 2 is 1.83 bits per heavy atom. The third-order valence-corrected chi connectivity index (χ3v) is 3.47. The predicted octanol–water partition coefficient (Wildman–Crippen LogP) is 3.36. The Morgan fingerprint density at radius 3 is 2.44 bits per heavy atom. The maximum Gasteiger partial charge on any atom is 0.354 e. The van der Waals surface area contributed by atoms with E-state index >= 15 is 0 Å². The molecular weight excluding hydrogens is 248 g/mol. The molecule has 4 nitrogen and oxygen atoms in total. The number of nitrogens with one attached hydrogen (secondary N) is 2. The highest BCUT2D eigenvalue weighted by molar-refractivity contribution is 7.71. The number of benzene rings is 1. The van der Waals surface area contributed by atoms with E-state index in [1.54, 1.807) is 0 Å². The molecule has 0 radical (unpaired) electrons. The molecule has 0 aliphatic heterocycles. The van der Waals surface area contributed by atoms with Crippen LogP contribution in [0.25, 0.3) is 11.3 Å². The maximum atomic E-state index is 11.2. The number of aromatic nitrogens is 2. The van der Waals surface area contributed by atoms with Crippen LogP contribution in [0.15, 0.2) is 12.1 Å². The molecule has 2 rings (SSSR count). The van der Waals surface area contributed by atoms with Gasteiger partial charge in [-0.05, 0) is 49.7 Å². The zero-order valence-corrected chi connectivity index (χ0v) is 11.2. The first-order chi connectivity index (χ1) is 8.41. The van der Waals surface area contributed by atoms with E-state index in [-0.39, 0.29) is 5.69 Å². The third-order valence-electron chi connectivity index (χ3n) is 3.27. The Morgan fingerprint density at radius 1 is 1.17 bits per heavy atom. The lowest BCUT2D eigenvalue weighted by Crippen LogP contribution is -2.01. The van der Waals surface area contributed by atoms with Crippen molar-refractivity contribution in [1.82, 2.24) is 9.97 Å². The molecular formula is C13H14N2O2S. The molecule has 0 fully saturated rings. The average Bonchev–Trinajstić information content (AvgIpc) is 2.68. The predicted molar refractivity (Wildman–Crippen MR) is 72.6 cm³/mol. The minimum atomic E-state index is -1.02. The highest BCUT2D eigenvalue weighted by Crippen LogP contribution is 2.28. The number of imidazole rings is 1. The molecule has 1 aromatic carbocycles. The van der Waals surface area contributed by atoms with Crippen molar-refractivity contribution in [3.05, 3.63) is 39.3 Å². The fourth-order valence-electron chi connectivity index (χ4n) is 1.97. The summed E-state index contributed by atoms with van der Waals surface area (Å²) >= 11 is 4.97. The Labute approximate surface area is 110 Å². The van der Waals surface area contributed by atoms with Crippen LogP contribution in [0.2, 0.25) is 0 Å². The number of hydrogen-bond acceptors (Lipinski definition) is 2. The lowest BCUT2D eigenvalue weighted by molar-refractivity contribution is 0.0692. The zero-order valence-electron chi connectivity index (χ0n) is 10.4. The number of carbonyl (C=O) groups is 1. The summed E-state index contributed by atoms with van der Waals surface area (Å²) in [6.07, 6.45) is 0. The fourth-order valence-corrected chi connectivity index (χ4v) is 2.18. The number of aromatic amines is 2. The molecule has 0 aliphatic carbocycles.